The molecule has 0 aromatic rings. The third-order valence-electron chi connectivity index (χ3n) is 2.16. The van der Waals surface area contributed by atoms with Crippen molar-refractivity contribution in [1.82, 2.24) is 5.32 Å². The normalized spacial score (nSPS) is 14.5. The van der Waals surface area contributed by atoms with Crippen molar-refractivity contribution in [2.45, 2.75) is 25.7 Å². The fraction of sp³-hybridized carbons (Fsp3) is 0.455. The van der Waals surface area contributed by atoms with Crippen LogP contribution in [0.2, 0.25) is 0 Å². The zero-order valence-electron chi connectivity index (χ0n) is 8.66. The second-order valence-corrected chi connectivity index (χ2v) is 3.50. The SMILES string of the molecule is NC(=O)CCC(=O)NCC1=CCCC=C1. The van der Waals surface area contributed by atoms with Crippen molar-refractivity contribution in [3.8, 4) is 0 Å². The Bertz CT molecular complexity index is 306. The minimum absolute atomic E-state index is 0.112. The van der Waals surface area contributed by atoms with Crippen molar-refractivity contribution >= 4 is 11.8 Å². The van der Waals surface area contributed by atoms with Gasteiger partial charge in [-0.25, -0.2) is 0 Å². The van der Waals surface area contributed by atoms with E-state index in [1.807, 2.05) is 6.08 Å². The number of hydrogen-bond donors (Lipinski definition) is 2. The first-order valence-electron chi connectivity index (χ1n) is 5.09. The summed E-state index contributed by atoms with van der Waals surface area (Å²) in [6, 6.07) is 0. The van der Waals surface area contributed by atoms with Crippen LogP contribution < -0.4 is 11.1 Å². The lowest BCUT2D eigenvalue weighted by Gasteiger charge is -2.08. The quantitative estimate of drug-likeness (QED) is 0.696. The maximum atomic E-state index is 11.2. The lowest BCUT2D eigenvalue weighted by molar-refractivity contribution is -0.124. The van der Waals surface area contributed by atoms with Crippen molar-refractivity contribution in [3.63, 3.8) is 0 Å². The van der Waals surface area contributed by atoms with E-state index in [1.165, 1.54) is 0 Å². The van der Waals surface area contributed by atoms with Crippen LogP contribution in [0.3, 0.4) is 0 Å². The van der Waals surface area contributed by atoms with Crippen molar-refractivity contribution in [2.75, 3.05) is 6.54 Å². The van der Waals surface area contributed by atoms with E-state index < -0.39 is 5.91 Å². The first-order chi connectivity index (χ1) is 7.18. The Morgan fingerprint density at radius 3 is 2.73 bits per heavy atom. The highest BCUT2D eigenvalue weighted by atomic mass is 16.2. The summed E-state index contributed by atoms with van der Waals surface area (Å²) in [6.45, 7) is 0.536. The molecular weight excluding hydrogens is 192 g/mol. The van der Waals surface area contributed by atoms with Crippen LogP contribution in [0.5, 0.6) is 0 Å². The largest absolute Gasteiger partial charge is 0.370 e. The van der Waals surface area contributed by atoms with Gasteiger partial charge in [-0.2, -0.15) is 0 Å². The predicted octanol–water partition coefficient (Wildman–Crippen LogP) is 0.644. The molecule has 2 amide bonds. The van der Waals surface area contributed by atoms with E-state index in [1.54, 1.807) is 0 Å². The molecule has 0 unspecified atom stereocenters. The average Bonchev–Trinajstić information content (AvgIpc) is 2.25. The van der Waals surface area contributed by atoms with Gasteiger partial charge in [0.2, 0.25) is 11.8 Å². The summed E-state index contributed by atoms with van der Waals surface area (Å²) in [5.74, 6) is -0.574. The molecule has 0 radical (unpaired) electrons. The van der Waals surface area contributed by atoms with Gasteiger partial charge in [-0.1, -0.05) is 18.2 Å². The summed E-state index contributed by atoms with van der Waals surface area (Å²) < 4.78 is 0. The number of hydrogen-bond acceptors (Lipinski definition) is 2. The number of carbonyl (C=O) groups excluding carboxylic acids is 2. The molecule has 0 heterocycles. The van der Waals surface area contributed by atoms with Gasteiger partial charge in [0, 0.05) is 19.4 Å². The van der Waals surface area contributed by atoms with Gasteiger partial charge in [0.05, 0.1) is 0 Å². The monoisotopic (exact) mass is 208 g/mol. The molecule has 4 heteroatoms. The summed E-state index contributed by atoms with van der Waals surface area (Å²) in [5.41, 5.74) is 6.06. The molecule has 0 aromatic carbocycles. The molecule has 0 atom stereocenters. The predicted molar refractivity (Wildman–Crippen MR) is 57.9 cm³/mol. The van der Waals surface area contributed by atoms with Crippen LogP contribution in [-0.2, 0) is 9.59 Å². The van der Waals surface area contributed by atoms with Gasteiger partial charge >= 0.3 is 0 Å². The van der Waals surface area contributed by atoms with E-state index in [2.05, 4.69) is 17.5 Å². The smallest absolute Gasteiger partial charge is 0.220 e. The Hall–Kier alpha value is -1.58. The number of nitrogens with one attached hydrogen (secondary N) is 1. The van der Waals surface area contributed by atoms with Gasteiger partial charge in [0.1, 0.15) is 0 Å². The molecule has 4 nitrogen and oxygen atoms in total. The molecule has 15 heavy (non-hydrogen) atoms. The van der Waals surface area contributed by atoms with Crippen LogP contribution in [-0.4, -0.2) is 18.4 Å². The van der Waals surface area contributed by atoms with E-state index in [-0.39, 0.29) is 18.7 Å². The Morgan fingerprint density at radius 1 is 1.33 bits per heavy atom. The molecular formula is C11H16N2O2. The topological polar surface area (TPSA) is 72.2 Å². The van der Waals surface area contributed by atoms with Crippen LogP contribution in [0, 0.1) is 0 Å². The average molecular weight is 208 g/mol. The maximum absolute atomic E-state index is 11.2. The van der Waals surface area contributed by atoms with E-state index >= 15 is 0 Å². The standard InChI is InChI=1S/C11H16N2O2/c12-10(14)6-7-11(15)13-8-9-4-2-1-3-5-9/h2,4-5H,1,3,6-8H2,(H2,12,14)(H,13,15). The molecule has 3 N–H and O–H groups in total. The molecule has 0 bridgehead atoms. The Morgan fingerprint density at radius 2 is 2.13 bits per heavy atom. The van der Waals surface area contributed by atoms with Crippen LogP contribution in [0.25, 0.3) is 0 Å². The molecule has 1 rings (SSSR count). The van der Waals surface area contributed by atoms with Gasteiger partial charge in [-0.05, 0) is 18.4 Å². The molecule has 0 aliphatic heterocycles. The van der Waals surface area contributed by atoms with Crippen molar-refractivity contribution < 1.29 is 9.59 Å². The Balaban J connectivity index is 2.19. The first-order valence-corrected chi connectivity index (χ1v) is 5.09. The zero-order valence-corrected chi connectivity index (χ0v) is 8.66. The van der Waals surface area contributed by atoms with Crippen molar-refractivity contribution in [2.24, 2.45) is 5.73 Å². The summed E-state index contributed by atoms with van der Waals surface area (Å²) in [4.78, 5) is 21.6. The van der Waals surface area contributed by atoms with E-state index in [4.69, 9.17) is 5.73 Å². The second kappa shape index (κ2) is 6.01. The Labute approximate surface area is 89.2 Å². The second-order valence-electron chi connectivity index (χ2n) is 3.50. The van der Waals surface area contributed by atoms with Gasteiger partial charge in [-0.3, -0.25) is 9.59 Å². The Kier molecular flexibility index (Phi) is 4.60. The minimum Gasteiger partial charge on any atom is -0.370 e. The van der Waals surface area contributed by atoms with Crippen LogP contribution in [0.4, 0.5) is 0 Å². The zero-order chi connectivity index (χ0) is 11.1. The summed E-state index contributed by atoms with van der Waals surface area (Å²) >= 11 is 0. The van der Waals surface area contributed by atoms with Gasteiger partial charge < -0.3 is 11.1 Å². The molecule has 1 aliphatic rings. The summed E-state index contributed by atoms with van der Waals surface area (Å²) in [5, 5.41) is 2.74. The lowest BCUT2D eigenvalue weighted by Crippen LogP contribution is -2.26. The highest BCUT2D eigenvalue weighted by molar-refractivity contribution is 5.82. The van der Waals surface area contributed by atoms with Gasteiger partial charge in [0.15, 0.2) is 0 Å². The maximum Gasteiger partial charge on any atom is 0.220 e. The fourth-order valence-electron chi connectivity index (χ4n) is 1.32. The van der Waals surface area contributed by atoms with E-state index in [0.717, 1.165) is 18.4 Å². The van der Waals surface area contributed by atoms with Gasteiger partial charge in [0.25, 0.3) is 0 Å². The number of rotatable bonds is 5. The number of nitrogens with two attached hydrogens (primary N) is 1. The summed E-state index contributed by atoms with van der Waals surface area (Å²) in [6.07, 6.45) is 8.59. The first kappa shape index (κ1) is 11.5. The van der Waals surface area contributed by atoms with Crippen LogP contribution >= 0.6 is 0 Å². The van der Waals surface area contributed by atoms with Crippen LogP contribution in [0.15, 0.2) is 23.8 Å². The number of allylic oxidation sites excluding steroid dienone is 2. The molecule has 0 aromatic heterocycles. The van der Waals surface area contributed by atoms with Crippen LogP contribution in [0.1, 0.15) is 25.7 Å². The number of carbonyl (C=O) groups is 2. The summed E-state index contributed by atoms with van der Waals surface area (Å²) in [7, 11) is 0. The van der Waals surface area contributed by atoms with E-state index in [0.29, 0.717) is 6.54 Å². The molecule has 0 spiro atoms. The lowest BCUT2D eigenvalue weighted by atomic mass is 10.1. The van der Waals surface area contributed by atoms with E-state index in [9.17, 15) is 9.59 Å². The van der Waals surface area contributed by atoms with Gasteiger partial charge in [-0.15, -0.1) is 0 Å². The number of primary amides is 1. The highest BCUT2D eigenvalue weighted by Gasteiger charge is 2.04. The van der Waals surface area contributed by atoms with Crippen molar-refractivity contribution in [1.29, 1.82) is 0 Å². The molecule has 0 saturated carbocycles. The number of amides is 2. The fourth-order valence-corrected chi connectivity index (χ4v) is 1.32. The molecule has 1 aliphatic carbocycles. The minimum atomic E-state index is -0.443. The molecule has 82 valence electrons. The molecule has 0 fully saturated rings. The van der Waals surface area contributed by atoms with Crippen molar-refractivity contribution in [3.05, 3.63) is 23.8 Å². The molecule has 0 saturated heterocycles. The third-order valence-corrected chi connectivity index (χ3v) is 2.16. The highest BCUT2D eigenvalue weighted by Crippen LogP contribution is 2.08. The third kappa shape index (κ3) is 5.00.